The van der Waals surface area contributed by atoms with Crippen molar-refractivity contribution in [3.05, 3.63) is 29.8 Å². The van der Waals surface area contributed by atoms with Crippen molar-refractivity contribution in [1.29, 1.82) is 0 Å². The molecule has 0 aliphatic rings. The molecular weight excluding hydrogens is 270 g/mol. The Kier molecular flexibility index (Phi) is 7.29. The molecule has 5 heteroatoms. The first-order valence-corrected chi connectivity index (χ1v) is 7.18. The fourth-order valence-electron chi connectivity index (χ4n) is 1.93. The lowest BCUT2D eigenvalue weighted by Crippen LogP contribution is -2.33. The molecule has 1 aromatic carbocycles. The maximum absolute atomic E-state index is 12.0. The molecule has 0 spiro atoms. The minimum Gasteiger partial charge on any atom is -0.494 e. The van der Waals surface area contributed by atoms with E-state index in [1.807, 2.05) is 31.2 Å². The molecule has 1 aromatic rings. The Morgan fingerprint density at radius 3 is 2.52 bits per heavy atom. The number of para-hydroxylation sites is 1. The quantitative estimate of drug-likeness (QED) is 0.688. The van der Waals surface area contributed by atoms with Crippen molar-refractivity contribution in [2.45, 2.75) is 26.7 Å². The Morgan fingerprint density at radius 1 is 1.14 bits per heavy atom. The highest BCUT2D eigenvalue weighted by molar-refractivity contribution is 5.82. The first-order chi connectivity index (χ1) is 10.1. The molecule has 0 fully saturated rings. The Labute approximate surface area is 125 Å². The van der Waals surface area contributed by atoms with E-state index < -0.39 is 0 Å². The standard InChI is InChI=1S/C16H23NO4/c1-4-20-14-9-7-6-8-13(14)10-11-15(18)17(3)12-16(19)21-5-2/h6-9H,4-5,10-12H2,1-3H3. The molecule has 0 atom stereocenters. The second-order valence-corrected chi connectivity index (χ2v) is 4.60. The van der Waals surface area contributed by atoms with E-state index in [0.717, 1.165) is 11.3 Å². The van der Waals surface area contributed by atoms with Crippen LogP contribution in [0.5, 0.6) is 5.75 Å². The van der Waals surface area contributed by atoms with Gasteiger partial charge < -0.3 is 14.4 Å². The number of amides is 1. The Hall–Kier alpha value is -2.04. The minimum absolute atomic E-state index is 0.0141. The zero-order chi connectivity index (χ0) is 15.7. The van der Waals surface area contributed by atoms with Gasteiger partial charge >= 0.3 is 5.97 Å². The Balaban J connectivity index is 2.51. The molecule has 1 rings (SSSR count). The van der Waals surface area contributed by atoms with Crippen molar-refractivity contribution < 1.29 is 19.1 Å². The lowest BCUT2D eigenvalue weighted by Gasteiger charge is -2.16. The van der Waals surface area contributed by atoms with Crippen molar-refractivity contribution in [2.24, 2.45) is 0 Å². The minimum atomic E-state index is -0.386. The molecule has 0 heterocycles. The molecule has 116 valence electrons. The van der Waals surface area contributed by atoms with Crippen LogP contribution in [-0.4, -0.2) is 43.6 Å². The summed E-state index contributed by atoms with van der Waals surface area (Å²) in [7, 11) is 1.60. The van der Waals surface area contributed by atoms with Crippen molar-refractivity contribution in [3.63, 3.8) is 0 Å². The lowest BCUT2D eigenvalue weighted by atomic mass is 10.1. The predicted octanol–water partition coefficient (Wildman–Crippen LogP) is 2.04. The molecule has 0 radical (unpaired) electrons. The molecular formula is C16H23NO4. The van der Waals surface area contributed by atoms with Crippen LogP contribution in [-0.2, 0) is 20.7 Å². The molecule has 0 saturated carbocycles. The van der Waals surface area contributed by atoms with Crippen LogP contribution < -0.4 is 4.74 Å². The molecule has 5 nitrogen and oxygen atoms in total. The SMILES string of the molecule is CCOC(=O)CN(C)C(=O)CCc1ccccc1OCC. The van der Waals surface area contributed by atoms with Gasteiger partial charge in [0.2, 0.25) is 5.91 Å². The van der Waals surface area contributed by atoms with Crippen LogP contribution in [0.2, 0.25) is 0 Å². The second kappa shape index (κ2) is 9.00. The van der Waals surface area contributed by atoms with Crippen LogP contribution in [0.1, 0.15) is 25.8 Å². The third-order valence-corrected chi connectivity index (χ3v) is 2.98. The maximum atomic E-state index is 12.0. The highest BCUT2D eigenvalue weighted by Gasteiger charge is 2.14. The monoisotopic (exact) mass is 293 g/mol. The molecule has 0 N–H and O–H groups in total. The summed E-state index contributed by atoms with van der Waals surface area (Å²) >= 11 is 0. The summed E-state index contributed by atoms with van der Waals surface area (Å²) in [6, 6.07) is 7.67. The molecule has 1 amide bonds. The summed E-state index contributed by atoms with van der Waals surface area (Å²) in [6.07, 6.45) is 0.919. The molecule has 0 saturated heterocycles. The summed E-state index contributed by atoms with van der Waals surface area (Å²) in [5, 5.41) is 0. The molecule has 0 unspecified atom stereocenters. The predicted molar refractivity (Wildman–Crippen MR) is 80.2 cm³/mol. The summed E-state index contributed by atoms with van der Waals surface area (Å²) in [6.45, 7) is 4.57. The van der Waals surface area contributed by atoms with E-state index in [1.165, 1.54) is 4.90 Å². The van der Waals surface area contributed by atoms with Crippen molar-refractivity contribution in [1.82, 2.24) is 4.90 Å². The van der Waals surface area contributed by atoms with E-state index in [-0.39, 0.29) is 18.4 Å². The average molecular weight is 293 g/mol. The number of hydrogen-bond acceptors (Lipinski definition) is 4. The summed E-state index contributed by atoms with van der Waals surface area (Å²) in [4.78, 5) is 24.7. The van der Waals surface area contributed by atoms with Gasteiger partial charge in [0.15, 0.2) is 0 Å². The Morgan fingerprint density at radius 2 is 1.86 bits per heavy atom. The van der Waals surface area contributed by atoms with E-state index in [0.29, 0.717) is 26.1 Å². The fourth-order valence-corrected chi connectivity index (χ4v) is 1.93. The molecule has 0 bridgehead atoms. The normalized spacial score (nSPS) is 10.0. The maximum Gasteiger partial charge on any atom is 0.325 e. The number of nitrogens with zero attached hydrogens (tertiary/aromatic N) is 1. The summed E-state index contributed by atoms with van der Waals surface area (Å²) in [5.74, 6) is 0.332. The van der Waals surface area contributed by atoms with Crippen molar-refractivity contribution in [2.75, 3.05) is 26.8 Å². The average Bonchev–Trinajstić information content (AvgIpc) is 2.46. The van der Waals surface area contributed by atoms with Crippen molar-refractivity contribution in [3.8, 4) is 5.75 Å². The fraction of sp³-hybridized carbons (Fsp3) is 0.500. The third kappa shape index (κ3) is 5.85. The summed E-state index contributed by atoms with van der Waals surface area (Å²) in [5.41, 5.74) is 0.997. The van der Waals surface area contributed by atoms with Gasteiger partial charge in [0, 0.05) is 13.5 Å². The number of rotatable bonds is 8. The zero-order valence-corrected chi connectivity index (χ0v) is 12.9. The number of hydrogen-bond donors (Lipinski definition) is 0. The van der Waals surface area contributed by atoms with Crippen LogP contribution in [0.4, 0.5) is 0 Å². The van der Waals surface area contributed by atoms with Gasteiger partial charge in [-0.1, -0.05) is 18.2 Å². The largest absolute Gasteiger partial charge is 0.494 e. The van der Waals surface area contributed by atoms with Crippen LogP contribution in [0.3, 0.4) is 0 Å². The zero-order valence-electron chi connectivity index (χ0n) is 12.9. The molecule has 0 aliphatic carbocycles. The third-order valence-electron chi connectivity index (χ3n) is 2.98. The Bertz CT molecular complexity index is 473. The topological polar surface area (TPSA) is 55.8 Å². The van der Waals surface area contributed by atoms with E-state index >= 15 is 0 Å². The van der Waals surface area contributed by atoms with Crippen LogP contribution in [0.15, 0.2) is 24.3 Å². The number of carbonyl (C=O) groups excluding carboxylic acids is 2. The number of benzene rings is 1. The van der Waals surface area contributed by atoms with Gasteiger partial charge in [-0.3, -0.25) is 9.59 Å². The molecule has 0 aromatic heterocycles. The number of ether oxygens (including phenoxy) is 2. The van der Waals surface area contributed by atoms with Gasteiger partial charge in [-0.2, -0.15) is 0 Å². The van der Waals surface area contributed by atoms with E-state index in [4.69, 9.17) is 9.47 Å². The number of aryl methyl sites for hydroxylation is 1. The molecule has 21 heavy (non-hydrogen) atoms. The van der Waals surface area contributed by atoms with Crippen molar-refractivity contribution >= 4 is 11.9 Å². The van der Waals surface area contributed by atoms with Gasteiger partial charge in [0.1, 0.15) is 12.3 Å². The van der Waals surface area contributed by atoms with Crippen LogP contribution >= 0.6 is 0 Å². The van der Waals surface area contributed by atoms with Gasteiger partial charge in [-0.05, 0) is 31.9 Å². The second-order valence-electron chi connectivity index (χ2n) is 4.60. The number of likely N-dealkylation sites (N-methyl/N-ethyl adjacent to an activating group) is 1. The number of carbonyl (C=O) groups is 2. The van der Waals surface area contributed by atoms with E-state index in [2.05, 4.69) is 0 Å². The first-order valence-electron chi connectivity index (χ1n) is 7.18. The lowest BCUT2D eigenvalue weighted by molar-refractivity contribution is -0.148. The van der Waals surface area contributed by atoms with Crippen LogP contribution in [0.25, 0.3) is 0 Å². The highest BCUT2D eigenvalue weighted by Crippen LogP contribution is 2.19. The smallest absolute Gasteiger partial charge is 0.325 e. The first kappa shape index (κ1) is 17.0. The highest BCUT2D eigenvalue weighted by atomic mass is 16.5. The van der Waals surface area contributed by atoms with Gasteiger partial charge in [-0.25, -0.2) is 0 Å². The van der Waals surface area contributed by atoms with E-state index in [9.17, 15) is 9.59 Å². The van der Waals surface area contributed by atoms with Gasteiger partial charge in [-0.15, -0.1) is 0 Å². The summed E-state index contributed by atoms with van der Waals surface area (Å²) < 4.78 is 10.4. The number of esters is 1. The van der Waals surface area contributed by atoms with Crippen LogP contribution in [0, 0.1) is 0 Å². The van der Waals surface area contributed by atoms with Gasteiger partial charge in [0.25, 0.3) is 0 Å². The van der Waals surface area contributed by atoms with Gasteiger partial charge in [0.05, 0.1) is 13.2 Å². The molecule has 0 aliphatic heterocycles. The van der Waals surface area contributed by atoms with E-state index in [1.54, 1.807) is 14.0 Å².